The molecule has 1 N–H and O–H groups in total. The van der Waals surface area contributed by atoms with Gasteiger partial charge in [-0.1, -0.05) is 13.3 Å². The van der Waals surface area contributed by atoms with Crippen molar-refractivity contribution in [1.82, 2.24) is 14.6 Å². The first-order valence-corrected chi connectivity index (χ1v) is 9.33. The van der Waals surface area contributed by atoms with Crippen molar-refractivity contribution in [3.8, 4) is 0 Å². The average Bonchev–Trinajstić information content (AvgIpc) is 2.89. The molecule has 0 bridgehead atoms. The Hall–Kier alpha value is -0.500. The fraction of sp³-hybridized carbons (Fsp3) is 0.750. The molecular weight excluding hydrogens is 282 g/mol. The maximum absolute atomic E-state index is 11.4. The van der Waals surface area contributed by atoms with Gasteiger partial charge < -0.3 is 0 Å². The Bertz CT molecular complexity index is 487. The summed E-state index contributed by atoms with van der Waals surface area (Å²) in [6.07, 6.45) is 5.19. The first-order valence-electron chi connectivity index (χ1n) is 6.56. The number of nitrogens with one attached hydrogen (secondary N) is 1. The van der Waals surface area contributed by atoms with E-state index in [0.29, 0.717) is 5.92 Å². The first-order chi connectivity index (χ1) is 8.98. The summed E-state index contributed by atoms with van der Waals surface area (Å²) in [6.45, 7) is 4.68. The Balaban J connectivity index is 1.98. The van der Waals surface area contributed by atoms with Gasteiger partial charge in [-0.15, -0.1) is 11.3 Å². The molecule has 1 fully saturated rings. The molecule has 19 heavy (non-hydrogen) atoms. The number of aromatic nitrogens is 1. The maximum atomic E-state index is 11.4. The van der Waals surface area contributed by atoms with Gasteiger partial charge in [0, 0.05) is 30.7 Å². The van der Waals surface area contributed by atoms with E-state index in [1.807, 2.05) is 11.6 Å². The summed E-state index contributed by atoms with van der Waals surface area (Å²) < 4.78 is 25.6. The van der Waals surface area contributed by atoms with Crippen LogP contribution in [0.2, 0.25) is 0 Å². The fourth-order valence-electron chi connectivity index (χ4n) is 2.68. The summed E-state index contributed by atoms with van der Waals surface area (Å²) in [5.41, 5.74) is 0. The van der Waals surface area contributed by atoms with E-state index in [9.17, 15) is 8.42 Å². The second-order valence-corrected chi connectivity index (χ2v) is 7.92. The summed E-state index contributed by atoms with van der Waals surface area (Å²) in [5, 5.41) is 3.07. The van der Waals surface area contributed by atoms with Crippen LogP contribution in [0, 0.1) is 5.92 Å². The van der Waals surface area contributed by atoms with Crippen LogP contribution in [0.25, 0.3) is 0 Å². The largest absolute Gasteiger partial charge is 0.295 e. The van der Waals surface area contributed by atoms with Gasteiger partial charge in [-0.05, 0) is 12.3 Å². The van der Waals surface area contributed by atoms with E-state index in [4.69, 9.17) is 0 Å². The van der Waals surface area contributed by atoms with Crippen LogP contribution in [0.4, 0.5) is 0 Å². The van der Waals surface area contributed by atoms with Crippen molar-refractivity contribution in [3.63, 3.8) is 0 Å². The molecule has 2 rings (SSSR count). The van der Waals surface area contributed by atoms with Gasteiger partial charge >= 0.3 is 0 Å². The van der Waals surface area contributed by atoms with Gasteiger partial charge in [0.1, 0.15) is 5.01 Å². The second kappa shape index (κ2) is 6.30. The molecule has 108 valence electrons. The lowest BCUT2D eigenvalue weighted by Gasteiger charge is -2.17. The zero-order valence-corrected chi connectivity index (χ0v) is 13.0. The van der Waals surface area contributed by atoms with Crippen molar-refractivity contribution in [2.24, 2.45) is 5.92 Å². The highest BCUT2D eigenvalue weighted by molar-refractivity contribution is 7.88. The molecule has 0 amide bonds. The third-order valence-electron chi connectivity index (χ3n) is 3.38. The molecule has 1 aromatic rings. The first kappa shape index (κ1) is 14.9. The zero-order valence-electron chi connectivity index (χ0n) is 11.4. The zero-order chi connectivity index (χ0) is 13.9. The lowest BCUT2D eigenvalue weighted by Crippen LogP contribution is -2.39. The lowest BCUT2D eigenvalue weighted by atomic mass is 9.99. The minimum absolute atomic E-state index is 0.0370. The minimum atomic E-state index is -3.13. The van der Waals surface area contributed by atoms with Crippen LogP contribution >= 0.6 is 11.3 Å². The SMILES string of the molecule is CCC[C@@H]1CN(Cc2nccs2)C[C@H]1NS(C)(=O)=O. The maximum Gasteiger partial charge on any atom is 0.209 e. The number of likely N-dealkylation sites (tertiary alicyclic amines) is 1. The Labute approximate surface area is 119 Å². The van der Waals surface area contributed by atoms with Crippen molar-refractivity contribution >= 4 is 21.4 Å². The number of thiazole rings is 1. The van der Waals surface area contributed by atoms with Crippen LogP contribution in [0.1, 0.15) is 24.8 Å². The highest BCUT2D eigenvalue weighted by Gasteiger charge is 2.33. The van der Waals surface area contributed by atoms with Gasteiger partial charge in [0.25, 0.3) is 0 Å². The van der Waals surface area contributed by atoms with Crippen molar-refractivity contribution in [2.45, 2.75) is 32.4 Å². The molecule has 0 aliphatic carbocycles. The molecule has 7 heteroatoms. The molecule has 1 aromatic heterocycles. The van der Waals surface area contributed by atoms with Crippen LogP contribution in [-0.2, 0) is 16.6 Å². The van der Waals surface area contributed by atoms with Crippen LogP contribution in [0.3, 0.4) is 0 Å². The van der Waals surface area contributed by atoms with Crippen LogP contribution < -0.4 is 4.72 Å². The quantitative estimate of drug-likeness (QED) is 0.860. The average molecular weight is 303 g/mol. The van der Waals surface area contributed by atoms with Gasteiger partial charge in [-0.25, -0.2) is 18.1 Å². The van der Waals surface area contributed by atoms with Crippen LogP contribution in [-0.4, -0.2) is 43.7 Å². The highest BCUT2D eigenvalue weighted by Crippen LogP contribution is 2.24. The second-order valence-electron chi connectivity index (χ2n) is 5.17. The standard InChI is InChI=1S/C12H21N3O2S2/c1-3-4-10-7-15(9-12-13-5-6-18-12)8-11(10)14-19(2,16)17/h5-6,10-11,14H,3-4,7-9H2,1-2H3/t10-,11-/m1/s1. The summed E-state index contributed by atoms with van der Waals surface area (Å²) in [4.78, 5) is 6.58. The van der Waals surface area contributed by atoms with E-state index < -0.39 is 10.0 Å². The van der Waals surface area contributed by atoms with Gasteiger partial charge in [0.15, 0.2) is 0 Å². The molecule has 5 nitrogen and oxygen atoms in total. The van der Waals surface area contributed by atoms with E-state index in [1.165, 1.54) is 6.26 Å². The van der Waals surface area contributed by atoms with E-state index in [1.54, 1.807) is 11.3 Å². The van der Waals surface area contributed by atoms with E-state index >= 15 is 0 Å². The van der Waals surface area contributed by atoms with Gasteiger partial charge in [-0.3, -0.25) is 4.90 Å². The van der Waals surface area contributed by atoms with Crippen LogP contribution in [0.5, 0.6) is 0 Å². The van der Waals surface area contributed by atoms with E-state index in [-0.39, 0.29) is 6.04 Å². The molecule has 0 radical (unpaired) electrons. The van der Waals surface area contributed by atoms with Gasteiger partial charge in [-0.2, -0.15) is 0 Å². The lowest BCUT2D eigenvalue weighted by molar-refractivity contribution is 0.312. The number of hydrogen-bond acceptors (Lipinski definition) is 5. The number of sulfonamides is 1. The molecule has 0 spiro atoms. The Morgan fingerprint density at radius 2 is 2.32 bits per heavy atom. The summed E-state index contributed by atoms with van der Waals surface area (Å²) in [6, 6.07) is 0.0370. The molecule has 2 heterocycles. The molecule has 1 aliphatic rings. The minimum Gasteiger partial charge on any atom is -0.295 e. The highest BCUT2D eigenvalue weighted by atomic mass is 32.2. The third-order valence-corrected chi connectivity index (χ3v) is 4.88. The molecule has 0 saturated carbocycles. The van der Waals surface area contributed by atoms with Crippen molar-refractivity contribution < 1.29 is 8.42 Å². The summed E-state index contributed by atoms with van der Waals surface area (Å²) >= 11 is 1.65. The summed E-state index contributed by atoms with van der Waals surface area (Å²) in [7, 11) is -3.13. The fourth-order valence-corrected chi connectivity index (χ4v) is 4.16. The van der Waals surface area contributed by atoms with Crippen molar-refractivity contribution in [3.05, 3.63) is 16.6 Å². The number of rotatable bonds is 6. The number of hydrogen-bond donors (Lipinski definition) is 1. The Kier molecular flexibility index (Phi) is 4.94. The van der Waals surface area contributed by atoms with Gasteiger partial charge in [0.05, 0.1) is 12.8 Å². The molecule has 1 aliphatic heterocycles. The Morgan fingerprint density at radius 1 is 1.53 bits per heavy atom. The van der Waals surface area contributed by atoms with E-state index in [2.05, 4.69) is 21.5 Å². The normalized spacial score (nSPS) is 24.9. The van der Waals surface area contributed by atoms with Crippen molar-refractivity contribution in [2.75, 3.05) is 19.3 Å². The van der Waals surface area contributed by atoms with Crippen LogP contribution in [0.15, 0.2) is 11.6 Å². The smallest absolute Gasteiger partial charge is 0.209 e. The predicted molar refractivity (Wildman–Crippen MR) is 77.6 cm³/mol. The number of nitrogens with zero attached hydrogens (tertiary/aromatic N) is 2. The molecule has 1 saturated heterocycles. The molecular formula is C12H21N3O2S2. The summed E-state index contributed by atoms with van der Waals surface area (Å²) in [5.74, 6) is 0.402. The molecule has 0 unspecified atom stereocenters. The third kappa shape index (κ3) is 4.52. The monoisotopic (exact) mass is 303 g/mol. The molecule has 0 aromatic carbocycles. The Morgan fingerprint density at radius 3 is 2.89 bits per heavy atom. The molecule has 2 atom stereocenters. The van der Waals surface area contributed by atoms with Gasteiger partial charge in [0.2, 0.25) is 10.0 Å². The van der Waals surface area contributed by atoms with E-state index in [0.717, 1.165) is 37.5 Å². The topological polar surface area (TPSA) is 62.3 Å². The van der Waals surface area contributed by atoms with Crippen molar-refractivity contribution in [1.29, 1.82) is 0 Å². The predicted octanol–water partition coefficient (Wildman–Crippen LogP) is 1.29.